The lowest BCUT2D eigenvalue weighted by Crippen LogP contribution is -2.27. The Balaban J connectivity index is 2.15. The van der Waals surface area contributed by atoms with E-state index in [-0.39, 0.29) is 18.7 Å². The zero-order valence-electron chi connectivity index (χ0n) is 11.2. The van der Waals surface area contributed by atoms with Crippen molar-refractivity contribution in [1.82, 2.24) is 5.32 Å². The molecule has 0 amide bonds. The number of halogens is 2. The maximum absolute atomic E-state index is 13.7. The fourth-order valence-electron chi connectivity index (χ4n) is 2.18. The number of hydrogen-bond acceptors (Lipinski definition) is 2. The van der Waals surface area contributed by atoms with Crippen LogP contribution in [0.4, 0.5) is 8.78 Å². The van der Waals surface area contributed by atoms with Crippen LogP contribution in [-0.2, 0) is 0 Å². The Hall–Kier alpha value is -1.78. The third kappa shape index (κ3) is 3.40. The van der Waals surface area contributed by atoms with Crippen LogP contribution in [0.2, 0.25) is 0 Å². The van der Waals surface area contributed by atoms with Crippen molar-refractivity contribution in [3.8, 4) is 0 Å². The Bertz CT molecular complexity index is 560. The van der Waals surface area contributed by atoms with Crippen LogP contribution in [0, 0.1) is 11.6 Å². The first kappa shape index (κ1) is 14.6. The monoisotopic (exact) mass is 277 g/mol. The predicted molar refractivity (Wildman–Crippen MR) is 74.2 cm³/mol. The van der Waals surface area contributed by atoms with Crippen molar-refractivity contribution in [2.24, 2.45) is 0 Å². The molecule has 2 rings (SSSR count). The Kier molecular flexibility index (Phi) is 4.82. The van der Waals surface area contributed by atoms with Gasteiger partial charge in [0.15, 0.2) is 0 Å². The molecule has 0 aliphatic carbocycles. The summed E-state index contributed by atoms with van der Waals surface area (Å²) >= 11 is 0. The second kappa shape index (κ2) is 6.59. The van der Waals surface area contributed by atoms with Gasteiger partial charge in [0.2, 0.25) is 0 Å². The summed E-state index contributed by atoms with van der Waals surface area (Å²) < 4.78 is 26.6. The van der Waals surface area contributed by atoms with E-state index in [0.29, 0.717) is 5.56 Å². The highest BCUT2D eigenvalue weighted by Gasteiger charge is 2.17. The summed E-state index contributed by atoms with van der Waals surface area (Å²) in [4.78, 5) is 0. The van der Waals surface area contributed by atoms with E-state index in [1.807, 2.05) is 30.3 Å². The molecule has 0 spiro atoms. The minimum Gasteiger partial charge on any atom is -0.394 e. The van der Waals surface area contributed by atoms with Crippen molar-refractivity contribution in [2.75, 3.05) is 6.61 Å². The maximum Gasteiger partial charge on any atom is 0.130 e. The van der Waals surface area contributed by atoms with Crippen LogP contribution in [0.1, 0.15) is 30.1 Å². The lowest BCUT2D eigenvalue weighted by molar-refractivity contribution is 0.234. The molecule has 0 heterocycles. The van der Waals surface area contributed by atoms with Crippen LogP contribution in [0.25, 0.3) is 0 Å². The van der Waals surface area contributed by atoms with Gasteiger partial charge in [-0.3, -0.25) is 0 Å². The van der Waals surface area contributed by atoms with Gasteiger partial charge in [0.25, 0.3) is 0 Å². The first-order chi connectivity index (χ1) is 9.61. The smallest absolute Gasteiger partial charge is 0.130 e. The van der Waals surface area contributed by atoms with Crippen LogP contribution in [0.5, 0.6) is 0 Å². The number of benzene rings is 2. The molecule has 2 aromatic carbocycles. The van der Waals surface area contributed by atoms with Crippen LogP contribution in [-0.4, -0.2) is 11.7 Å². The quantitative estimate of drug-likeness (QED) is 0.878. The van der Waals surface area contributed by atoms with E-state index >= 15 is 0 Å². The summed E-state index contributed by atoms with van der Waals surface area (Å²) in [5.74, 6) is -1.19. The fraction of sp³-hybridized carbons (Fsp3) is 0.250. The molecule has 0 radical (unpaired) electrons. The van der Waals surface area contributed by atoms with Gasteiger partial charge in [-0.1, -0.05) is 36.4 Å². The molecule has 0 fully saturated rings. The molecule has 20 heavy (non-hydrogen) atoms. The zero-order valence-corrected chi connectivity index (χ0v) is 11.2. The van der Waals surface area contributed by atoms with Crippen LogP contribution < -0.4 is 5.32 Å². The highest BCUT2D eigenvalue weighted by Crippen LogP contribution is 2.22. The van der Waals surface area contributed by atoms with Gasteiger partial charge >= 0.3 is 0 Å². The minimum atomic E-state index is -0.597. The first-order valence-corrected chi connectivity index (χ1v) is 6.48. The molecule has 2 aromatic rings. The van der Waals surface area contributed by atoms with Crippen molar-refractivity contribution >= 4 is 0 Å². The molecule has 0 bridgehead atoms. The van der Waals surface area contributed by atoms with Gasteiger partial charge in [0.1, 0.15) is 11.6 Å². The molecule has 0 aliphatic rings. The molecular weight excluding hydrogens is 260 g/mol. The molecule has 2 unspecified atom stereocenters. The highest BCUT2D eigenvalue weighted by molar-refractivity contribution is 5.24. The van der Waals surface area contributed by atoms with E-state index in [1.54, 1.807) is 6.92 Å². The third-order valence-corrected chi connectivity index (χ3v) is 3.26. The maximum atomic E-state index is 13.7. The SMILES string of the molecule is CC(NC(CO)c1ccccc1)c1ccc(F)cc1F. The van der Waals surface area contributed by atoms with Gasteiger partial charge in [-0.25, -0.2) is 8.78 Å². The molecule has 0 aromatic heterocycles. The zero-order chi connectivity index (χ0) is 14.5. The number of aliphatic hydroxyl groups excluding tert-OH is 1. The summed E-state index contributed by atoms with van der Waals surface area (Å²) in [6, 6.07) is 12.3. The molecule has 0 saturated carbocycles. The molecule has 2 atom stereocenters. The number of rotatable bonds is 5. The van der Waals surface area contributed by atoms with E-state index in [0.717, 1.165) is 11.6 Å². The lowest BCUT2D eigenvalue weighted by atomic mass is 10.0. The first-order valence-electron chi connectivity index (χ1n) is 6.48. The Labute approximate surface area is 117 Å². The summed E-state index contributed by atoms with van der Waals surface area (Å²) in [5, 5.41) is 12.6. The van der Waals surface area contributed by atoms with Gasteiger partial charge < -0.3 is 10.4 Å². The van der Waals surface area contributed by atoms with Crippen LogP contribution >= 0.6 is 0 Å². The van der Waals surface area contributed by atoms with Crippen molar-refractivity contribution in [3.05, 3.63) is 71.3 Å². The summed E-state index contributed by atoms with van der Waals surface area (Å²) in [6.07, 6.45) is 0. The summed E-state index contributed by atoms with van der Waals surface area (Å²) in [6.45, 7) is 1.68. The van der Waals surface area contributed by atoms with E-state index in [4.69, 9.17) is 0 Å². The standard InChI is InChI=1S/C16H17F2NO/c1-11(14-8-7-13(17)9-15(14)18)19-16(10-20)12-5-3-2-4-6-12/h2-9,11,16,19-20H,10H2,1H3. The summed E-state index contributed by atoms with van der Waals surface area (Å²) in [7, 11) is 0. The normalized spacial score (nSPS) is 14.0. The fourth-order valence-corrected chi connectivity index (χ4v) is 2.18. The largest absolute Gasteiger partial charge is 0.394 e. The summed E-state index contributed by atoms with van der Waals surface area (Å²) in [5.41, 5.74) is 1.30. The van der Waals surface area contributed by atoms with E-state index in [1.165, 1.54) is 12.1 Å². The van der Waals surface area contributed by atoms with Gasteiger partial charge in [-0.2, -0.15) is 0 Å². The Morgan fingerprint density at radius 2 is 1.80 bits per heavy atom. The predicted octanol–water partition coefficient (Wildman–Crippen LogP) is 3.35. The Morgan fingerprint density at radius 1 is 1.10 bits per heavy atom. The molecule has 106 valence electrons. The van der Waals surface area contributed by atoms with Gasteiger partial charge in [0.05, 0.1) is 12.6 Å². The topological polar surface area (TPSA) is 32.3 Å². The van der Waals surface area contributed by atoms with E-state index < -0.39 is 11.6 Å². The minimum absolute atomic E-state index is 0.100. The van der Waals surface area contributed by atoms with Crippen molar-refractivity contribution in [3.63, 3.8) is 0 Å². The van der Waals surface area contributed by atoms with E-state index in [9.17, 15) is 13.9 Å². The number of nitrogens with one attached hydrogen (secondary N) is 1. The molecule has 0 saturated heterocycles. The van der Waals surface area contributed by atoms with Crippen LogP contribution in [0.3, 0.4) is 0 Å². The van der Waals surface area contributed by atoms with Crippen molar-refractivity contribution in [1.29, 1.82) is 0 Å². The van der Waals surface area contributed by atoms with Gasteiger partial charge in [0, 0.05) is 17.7 Å². The third-order valence-electron chi connectivity index (χ3n) is 3.26. The van der Waals surface area contributed by atoms with Gasteiger partial charge in [-0.15, -0.1) is 0 Å². The van der Waals surface area contributed by atoms with E-state index in [2.05, 4.69) is 5.32 Å². The van der Waals surface area contributed by atoms with Crippen molar-refractivity contribution < 1.29 is 13.9 Å². The van der Waals surface area contributed by atoms with Crippen LogP contribution in [0.15, 0.2) is 48.5 Å². The second-order valence-corrected chi connectivity index (χ2v) is 4.70. The highest BCUT2D eigenvalue weighted by atomic mass is 19.1. The number of hydrogen-bond donors (Lipinski definition) is 2. The average Bonchev–Trinajstić information content (AvgIpc) is 2.45. The van der Waals surface area contributed by atoms with Crippen molar-refractivity contribution in [2.45, 2.75) is 19.0 Å². The molecule has 4 heteroatoms. The Morgan fingerprint density at radius 3 is 2.40 bits per heavy atom. The molecular formula is C16H17F2NO. The van der Waals surface area contributed by atoms with Gasteiger partial charge in [-0.05, 0) is 18.6 Å². The molecule has 0 aliphatic heterocycles. The average molecular weight is 277 g/mol. The molecule has 2 nitrogen and oxygen atoms in total. The number of aliphatic hydroxyl groups is 1. The molecule has 2 N–H and O–H groups in total. The lowest BCUT2D eigenvalue weighted by Gasteiger charge is -2.22. The second-order valence-electron chi connectivity index (χ2n) is 4.70.